The van der Waals surface area contributed by atoms with Crippen LogP contribution in [0.2, 0.25) is 0 Å². The first-order valence-electron chi connectivity index (χ1n) is 7.41. The fourth-order valence-electron chi connectivity index (χ4n) is 1.91. The van der Waals surface area contributed by atoms with Crippen LogP contribution < -0.4 is 0 Å². The Hall–Kier alpha value is -2.01. The van der Waals surface area contributed by atoms with Gasteiger partial charge in [0.15, 0.2) is 5.69 Å². The van der Waals surface area contributed by atoms with Gasteiger partial charge in [-0.05, 0) is 25.5 Å². The van der Waals surface area contributed by atoms with E-state index in [4.69, 9.17) is 4.74 Å². The van der Waals surface area contributed by atoms with Crippen molar-refractivity contribution in [1.82, 2.24) is 9.97 Å². The molecule has 26 heavy (non-hydrogen) atoms. The van der Waals surface area contributed by atoms with Crippen LogP contribution in [0.1, 0.15) is 40.8 Å². The maximum atomic E-state index is 12.9. The van der Waals surface area contributed by atoms with Gasteiger partial charge in [-0.15, -0.1) is 11.3 Å². The van der Waals surface area contributed by atoms with Gasteiger partial charge in [-0.25, -0.2) is 14.0 Å². The van der Waals surface area contributed by atoms with Crippen LogP contribution in [0.4, 0.5) is 18.3 Å². The number of pyridine rings is 1. The topological polar surface area (TPSA) is 81.5 Å². The monoisotopic (exact) mass is 407 g/mol. The minimum Gasteiger partial charge on any atom is -0.461 e. The van der Waals surface area contributed by atoms with Crippen molar-refractivity contribution in [3.8, 4) is 0 Å². The van der Waals surface area contributed by atoms with E-state index in [0.29, 0.717) is 5.56 Å². The highest BCUT2D eigenvalue weighted by atomic mass is 32.2. The van der Waals surface area contributed by atoms with Crippen molar-refractivity contribution in [2.24, 2.45) is 4.36 Å². The first-order valence-corrected chi connectivity index (χ1v) is 10.3. The van der Waals surface area contributed by atoms with Gasteiger partial charge in [-0.2, -0.15) is 17.5 Å². The van der Waals surface area contributed by atoms with Crippen molar-refractivity contribution >= 4 is 32.2 Å². The van der Waals surface area contributed by atoms with E-state index in [2.05, 4.69) is 14.3 Å². The molecule has 0 aliphatic rings. The molecule has 2 aromatic heterocycles. The SMILES string of the molecule is CCOC(=O)c1csc(N=S(C)(=O)C(C)c2ccc(C(F)(F)F)nc2)n1. The van der Waals surface area contributed by atoms with Gasteiger partial charge in [-0.1, -0.05) is 6.07 Å². The van der Waals surface area contributed by atoms with Crippen LogP contribution in [0.5, 0.6) is 0 Å². The highest BCUT2D eigenvalue weighted by Gasteiger charge is 2.32. The summed E-state index contributed by atoms with van der Waals surface area (Å²) in [5.41, 5.74) is -0.599. The molecule has 0 aromatic carbocycles. The maximum absolute atomic E-state index is 12.9. The number of carbonyl (C=O) groups is 1. The van der Waals surface area contributed by atoms with Crippen molar-refractivity contribution < 1.29 is 26.9 Å². The molecule has 0 aliphatic heterocycles. The number of alkyl halides is 3. The number of ether oxygens (including phenoxy) is 1. The molecule has 2 aromatic rings. The molecule has 6 nitrogen and oxygen atoms in total. The molecule has 0 radical (unpaired) electrons. The van der Waals surface area contributed by atoms with E-state index in [1.807, 2.05) is 0 Å². The Balaban J connectivity index is 2.27. The van der Waals surface area contributed by atoms with Gasteiger partial charge < -0.3 is 4.74 Å². The minimum atomic E-state index is -4.54. The lowest BCUT2D eigenvalue weighted by molar-refractivity contribution is -0.141. The lowest BCUT2D eigenvalue weighted by Crippen LogP contribution is -2.11. The predicted molar refractivity (Wildman–Crippen MR) is 91.9 cm³/mol. The van der Waals surface area contributed by atoms with Gasteiger partial charge in [0.05, 0.1) is 21.6 Å². The van der Waals surface area contributed by atoms with Crippen LogP contribution in [0.25, 0.3) is 0 Å². The van der Waals surface area contributed by atoms with Gasteiger partial charge in [0.2, 0.25) is 5.13 Å². The molecule has 0 N–H and O–H groups in total. The van der Waals surface area contributed by atoms with E-state index in [1.165, 1.54) is 17.7 Å². The van der Waals surface area contributed by atoms with E-state index in [9.17, 15) is 22.2 Å². The Morgan fingerprint density at radius 2 is 2.12 bits per heavy atom. The number of nitrogens with zero attached hydrogens (tertiary/aromatic N) is 3. The zero-order valence-electron chi connectivity index (χ0n) is 14.1. The molecular weight excluding hydrogens is 391 g/mol. The number of aromatic nitrogens is 2. The largest absolute Gasteiger partial charge is 0.461 e. The second-order valence-electron chi connectivity index (χ2n) is 5.30. The Kier molecular flexibility index (Phi) is 6.02. The lowest BCUT2D eigenvalue weighted by Gasteiger charge is -2.14. The van der Waals surface area contributed by atoms with Crippen molar-refractivity contribution in [1.29, 1.82) is 0 Å². The summed E-state index contributed by atoms with van der Waals surface area (Å²) >= 11 is 1.03. The van der Waals surface area contributed by atoms with E-state index in [1.54, 1.807) is 13.8 Å². The standard InChI is InChI=1S/C15H16F3N3O3S2/c1-4-24-13(22)11-8-25-14(20-11)21-26(3,23)9(2)10-5-6-12(19-7-10)15(16,17)18/h5-9H,4H2,1-3H3. The molecule has 0 amide bonds. The van der Waals surface area contributed by atoms with Gasteiger partial charge >= 0.3 is 12.1 Å². The second kappa shape index (κ2) is 7.70. The molecule has 0 saturated heterocycles. The highest BCUT2D eigenvalue weighted by molar-refractivity contribution is 7.93. The third-order valence-electron chi connectivity index (χ3n) is 3.44. The number of thiazole rings is 1. The van der Waals surface area contributed by atoms with E-state index in [-0.39, 0.29) is 17.4 Å². The molecule has 142 valence electrons. The van der Waals surface area contributed by atoms with Gasteiger partial charge in [0.1, 0.15) is 5.69 Å². The van der Waals surface area contributed by atoms with Gasteiger partial charge in [-0.3, -0.25) is 4.98 Å². The number of hydrogen-bond donors (Lipinski definition) is 0. The Bertz CT molecular complexity index is 901. The molecular formula is C15H16F3N3O3S2. The fraction of sp³-hybridized carbons (Fsp3) is 0.400. The average Bonchev–Trinajstić information content (AvgIpc) is 3.01. The second-order valence-corrected chi connectivity index (χ2v) is 8.75. The lowest BCUT2D eigenvalue weighted by atomic mass is 10.2. The molecule has 11 heteroatoms. The summed E-state index contributed by atoms with van der Waals surface area (Å²) in [5.74, 6) is -0.604. The molecule has 0 saturated carbocycles. The predicted octanol–water partition coefficient (Wildman–Crippen LogP) is 4.22. The zero-order valence-corrected chi connectivity index (χ0v) is 15.7. The van der Waals surface area contributed by atoms with Crippen molar-refractivity contribution in [2.75, 3.05) is 12.9 Å². The smallest absolute Gasteiger partial charge is 0.433 e. The van der Waals surface area contributed by atoms with Crippen LogP contribution in [-0.4, -0.2) is 33.0 Å². The first-order chi connectivity index (χ1) is 12.0. The van der Waals surface area contributed by atoms with Crippen molar-refractivity contribution in [3.63, 3.8) is 0 Å². The normalized spacial score (nSPS) is 15.2. The fourth-order valence-corrected chi connectivity index (χ4v) is 4.19. The summed E-state index contributed by atoms with van der Waals surface area (Å²) in [6.45, 7) is 3.44. The molecule has 0 spiro atoms. The molecule has 2 atom stereocenters. The van der Waals surface area contributed by atoms with Crippen LogP contribution >= 0.6 is 11.3 Å². The summed E-state index contributed by atoms with van der Waals surface area (Å²) in [6, 6.07) is 2.06. The van der Waals surface area contributed by atoms with Gasteiger partial charge in [0, 0.05) is 17.8 Å². The zero-order chi connectivity index (χ0) is 19.5. The number of carbonyl (C=O) groups excluding carboxylic acids is 1. The summed E-state index contributed by atoms with van der Waals surface area (Å²) in [6.07, 6.45) is -2.12. The molecule has 0 aliphatic carbocycles. The van der Waals surface area contributed by atoms with Crippen molar-refractivity contribution in [3.05, 3.63) is 40.7 Å². The minimum absolute atomic E-state index is 0.0645. The Morgan fingerprint density at radius 3 is 2.65 bits per heavy atom. The molecule has 2 rings (SSSR count). The van der Waals surface area contributed by atoms with Crippen LogP contribution in [0.15, 0.2) is 28.1 Å². The number of esters is 1. The number of rotatable bonds is 5. The average molecular weight is 407 g/mol. The number of halogens is 3. The van der Waals surface area contributed by atoms with E-state index < -0.39 is 32.8 Å². The Morgan fingerprint density at radius 1 is 1.42 bits per heavy atom. The maximum Gasteiger partial charge on any atom is 0.433 e. The summed E-state index contributed by atoms with van der Waals surface area (Å²) in [7, 11) is -2.89. The number of hydrogen-bond acceptors (Lipinski definition) is 7. The van der Waals surface area contributed by atoms with Crippen molar-refractivity contribution in [2.45, 2.75) is 25.3 Å². The molecule has 2 unspecified atom stereocenters. The molecule has 0 fully saturated rings. The van der Waals surface area contributed by atoms with Crippen LogP contribution in [0.3, 0.4) is 0 Å². The molecule has 0 bridgehead atoms. The van der Waals surface area contributed by atoms with E-state index >= 15 is 0 Å². The summed E-state index contributed by atoms with van der Waals surface area (Å²) in [5, 5.41) is 0.885. The molecule has 2 heterocycles. The Labute approximate surface area is 152 Å². The van der Waals surface area contributed by atoms with E-state index in [0.717, 1.165) is 23.6 Å². The quantitative estimate of drug-likeness (QED) is 0.693. The summed E-state index contributed by atoms with van der Waals surface area (Å²) < 4.78 is 59.5. The summed E-state index contributed by atoms with van der Waals surface area (Å²) in [4.78, 5) is 18.9. The third kappa shape index (κ3) is 4.79. The van der Waals surface area contributed by atoms with Crippen LogP contribution in [0, 0.1) is 0 Å². The van der Waals surface area contributed by atoms with Crippen LogP contribution in [-0.2, 0) is 20.6 Å². The highest BCUT2D eigenvalue weighted by Crippen LogP contribution is 2.31. The third-order valence-corrected chi connectivity index (χ3v) is 6.41. The first kappa shape index (κ1) is 20.3. The van der Waals surface area contributed by atoms with Gasteiger partial charge in [0.25, 0.3) is 0 Å².